The molecule has 0 fully saturated rings. The number of amides is 1. The summed E-state index contributed by atoms with van der Waals surface area (Å²) in [5.74, 6) is -0.557. The Labute approximate surface area is 114 Å². The number of nitrogens with one attached hydrogen (secondary N) is 1. The van der Waals surface area contributed by atoms with Crippen molar-refractivity contribution in [2.75, 3.05) is 0 Å². The topological polar surface area (TPSA) is 76.0 Å². The zero-order valence-electron chi connectivity index (χ0n) is 10.6. The summed E-state index contributed by atoms with van der Waals surface area (Å²) in [6, 6.07) is 16.3. The van der Waals surface area contributed by atoms with E-state index in [1.54, 1.807) is 18.2 Å². The van der Waals surface area contributed by atoms with Gasteiger partial charge in [-0.25, -0.2) is 0 Å². The van der Waals surface area contributed by atoms with E-state index in [9.17, 15) is 9.59 Å². The van der Waals surface area contributed by atoms with Crippen LogP contribution in [0.4, 0.5) is 0 Å². The lowest BCUT2D eigenvalue weighted by atomic mass is 10.0. The van der Waals surface area contributed by atoms with Gasteiger partial charge in [-0.3, -0.25) is 9.59 Å². The number of carbonyl (C=O) groups excluding carboxylic acids is 1. The van der Waals surface area contributed by atoms with Gasteiger partial charge >= 0.3 is 0 Å². The van der Waals surface area contributed by atoms with E-state index in [2.05, 4.69) is 4.98 Å². The zero-order valence-corrected chi connectivity index (χ0v) is 10.6. The molecule has 0 aliphatic carbocycles. The van der Waals surface area contributed by atoms with Crippen molar-refractivity contribution in [3.05, 3.63) is 70.5 Å². The van der Waals surface area contributed by atoms with Gasteiger partial charge in [-0.1, -0.05) is 42.5 Å². The van der Waals surface area contributed by atoms with Crippen molar-refractivity contribution in [3.63, 3.8) is 0 Å². The summed E-state index contributed by atoms with van der Waals surface area (Å²) in [4.78, 5) is 26.3. The largest absolute Gasteiger partial charge is 0.366 e. The molecule has 0 radical (unpaired) electrons. The number of para-hydroxylation sites is 1. The van der Waals surface area contributed by atoms with Crippen LogP contribution >= 0.6 is 0 Å². The summed E-state index contributed by atoms with van der Waals surface area (Å²) in [5, 5.41) is 0.778. The van der Waals surface area contributed by atoms with Crippen LogP contribution in [-0.4, -0.2) is 10.9 Å². The number of H-pyrrole nitrogens is 1. The summed E-state index contributed by atoms with van der Waals surface area (Å²) in [6.45, 7) is 0. The van der Waals surface area contributed by atoms with Crippen LogP contribution in [-0.2, 0) is 0 Å². The normalized spacial score (nSPS) is 10.6. The Balaban J connectivity index is 2.32. The monoisotopic (exact) mass is 264 g/mol. The first-order valence-electron chi connectivity index (χ1n) is 6.18. The molecule has 3 aromatic rings. The Morgan fingerprint density at radius 1 is 1.00 bits per heavy atom. The average Bonchev–Trinajstić information content (AvgIpc) is 2.46. The van der Waals surface area contributed by atoms with Crippen LogP contribution in [0, 0.1) is 0 Å². The predicted octanol–water partition coefficient (Wildman–Crippen LogP) is 2.29. The minimum atomic E-state index is -0.557. The van der Waals surface area contributed by atoms with Crippen molar-refractivity contribution in [1.82, 2.24) is 4.98 Å². The SMILES string of the molecule is NC(=O)c1cccc2cc(-c3ccccc3)c(=O)[nH]c12. The Morgan fingerprint density at radius 2 is 1.75 bits per heavy atom. The summed E-state index contributed by atoms with van der Waals surface area (Å²) < 4.78 is 0. The van der Waals surface area contributed by atoms with E-state index < -0.39 is 5.91 Å². The summed E-state index contributed by atoms with van der Waals surface area (Å²) in [5.41, 5.74) is 7.28. The molecule has 4 nitrogen and oxygen atoms in total. The molecule has 1 aromatic heterocycles. The van der Waals surface area contributed by atoms with E-state index in [1.165, 1.54) is 0 Å². The average molecular weight is 264 g/mol. The minimum Gasteiger partial charge on any atom is -0.366 e. The molecule has 1 amide bonds. The van der Waals surface area contributed by atoms with Gasteiger partial charge in [-0.2, -0.15) is 0 Å². The predicted molar refractivity (Wildman–Crippen MR) is 78.5 cm³/mol. The van der Waals surface area contributed by atoms with Crippen LogP contribution in [0.15, 0.2) is 59.4 Å². The van der Waals surface area contributed by atoms with E-state index in [0.29, 0.717) is 16.6 Å². The quantitative estimate of drug-likeness (QED) is 0.745. The third-order valence-corrected chi connectivity index (χ3v) is 3.23. The number of fused-ring (bicyclic) bond motifs is 1. The highest BCUT2D eigenvalue weighted by molar-refractivity contribution is 6.05. The molecule has 4 heteroatoms. The van der Waals surface area contributed by atoms with E-state index in [4.69, 9.17) is 5.73 Å². The van der Waals surface area contributed by atoms with Crippen molar-refractivity contribution < 1.29 is 4.79 Å². The van der Waals surface area contributed by atoms with Gasteiger partial charge in [-0.15, -0.1) is 0 Å². The maximum Gasteiger partial charge on any atom is 0.256 e. The molecule has 0 bridgehead atoms. The van der Waals surface area contributed by atoms with E-state index in [1.807, 2.05) is 36.4 Å². The number of primary amides is 1. The van der Waals surface area contributed by atoms with Crippen LogP contribution in [0.25, 0.3) is 22.0 Å². The van der Waals surface area contributed by atoms with Crippen molar-refractivity contribution >= 4 is 16.8 Å². The lowest BCUT2D eigenvalue weighted by Gasteiger charge is -2.06. The number of aromatic nitrogens is 1. The van der Waals surface area contributed by atoms with Crippen molar-refractivity contribution in [2.45, 2.75) is 0 Å². The second kappa shape index (κ2) is 4.66. The molecule has 0 unspecified atom stereocenters. The Hall–Kier alpha value is -2.88. The number of nitrogens with two attached hydrogens (primary N) is 1. The minimum absolute atomic E-state index is 0.239. The number of aromatic amines is 1. The Morgan fingerprint density at radius 3 is 2.45 bits per heavy atom. The molecule has 0 aliphatic heterocycles. The molecule has 3 rings (SSSR count). The highest BCUT2D eigenvalue weighted by Crippen LogP contribution is 2.21. The van der Waals surface area contributed by atoms with Crippen molar-refractivity contribution in [3.8, 4) is 11.1 Å². The molecular weight excluding hydrogens is 252 g/mol. The van der Waals surface area contributed by atoms with E-state index >= 15 is 0 Å². The highest BCUT2D eigenvalue weighted by Gasteiger charge is 2.10. The second-order valence-electron chi connectivity index (χ2n) is 4.51. The fraction of sp³-hybridized carbons (Fsp3) is 0. The zero-order chi connectivity index (χ0) is 14.1. The lowest BCUT2D eigenvalue weighted by molar-refractivity contribution is 0.100. The molecule has 0 aliphatic rings. The highest BCUT2D eigenvalue weighted by atomic mass is 16.1. The maximum atomic E-state index is 12.2. The molecule has 20 heavy (non-hydrogen) atoms. The summed E-state index contributed by atoms with van der Waals surface area (Å²) in [6.07, 6.45) is 0. The molecule has 98 valence electrons. The first kappa shape index (κ1) is 12.2. The first-order valence-corrected chi connectivity index (χ1v) is 6.18. The molecule has 0 spiro atoms. The molecule has 1 heterocycles. The molecule has 0 atom stereocenters. The molecule has 2 aromatic carbocycles. The van der Waals surface area contributed by atoms with Gasteiger partial charge in [0.15, 0.2) is 0 Å². The second-order valence-corrected chi connectivity index (χ2v) is 4.51. The third kappa shape index (κ3) is 1.97. The Kier molecular flexibility index (Phi) is 2.84. The van der Waals surface area contributed by atoms with Gasteiger partial charge in [0.2, 0.25) is 0 Å². The van der Waals surface area contributed by atoms with Gasteiger partial charge in [0, 0.05) is 5.56 Å². The van der Waals surface area contributed by atoms with Gasteiger partial charge in [0.25, 0.3) is 11.5 Å². The lowest BCUT2D eigenvalue weighted by Crippen LogP contribution is -2.15. The van der Waals surface area contributed by atoms with Crippen LogP contribution in [0.5, 0.6) is 0 Å². The third-order valence-electron chi connectivity index (χ3n) is 3.23. The molecule has 0 saturated heterocycles. The standard InChI is InChI=1S/C16H12N2O2/c17-15(19)12-8-4-7-11-9-13(16(20)18-14(11)12)10-5-2-1-3-6-10/h1-9H,(H2,17,19)(H,18,20). The summed E-state index contributed by atoms with van der Waals surface area (Å²) >= 11 is 0. The maximum absolute atomic E-state index is 12.2. The number of hydrogen-bond donors (Lipinski definition) is 2. The Bertz CT molecular complexity index is 851. The smallest absolute Gasteiger partial charge is 0.256 e. The van der Waals surface area contributed by atoms with Gasteiger partial charge in [0.1, 0.15) is 0 Å². The number of pyridine rings is 1. The fourth-order valence-electron chi connectivity index (χ4n) is 2.27. The van der Waals surface area contributed by atoms with E-state index in [-0.39, 0.29) is 5.56 Å². The van der Waals surface area contributed by atoms with Crippen LogP contribution in [0.2, 0.25) is 0 Å². The van der Waals surface area contributed by atoms with Gasteiger partial charge < -0.3 is 10.7 Å². The number of benzene rings is 2. The van der Waals surface area contributed by atoms with E-state index in [0.717, 1.165) is 10.9 Å². The van der Waals surface area contributed by atoms with Crippen molar-refractivity contribution in [2.24, 2.45) is 5.73 Å². The van der Waals surface area contributed by atoms with Crippen LogP contribution in [0.1, 0.15) is 10.4 Å². The fourth-order valence-corrected chi connectivity index (χ4v) is 2.27. The molecular formula is C16H12N2O2. The first-order chi connectivity index (χ1) is 9.66. The van der Waals surface area contributed by atoms with Crippen LogP contribution in [0.3, 0.4) is 0 Å². The van der Waals surface area contributed by atoms with Crippen molar-refractivity contribution in [1.29, 1.82) is 0 Å². The van der Waals surface area contributed by atoms with Gasteiger partial charge in [-0.05, 0) is 23.1 Å². The van der Waals surface area contributed by atoms with Gasteiger partial charge in [0.05, 0.1) is 11.1 Å². The number of hydrogen-bond acceptors (Lipinski definition) is 2. The number of carbonyl (C=O) groups is 1. The summed E-state index contributed by atoms with van der Waals surface area (Å²) in [7, 11) is 0. The van der Waals surface area contributed by atoms with Crippen LogP contribution < -0.4 is 11.3 Å². The number of rotatable bonds is 2. The molecule has 3 N–H and O–H groups in total. The molecule has 0 saturated carbocycles.